The van der Waals surface area contributed by atoms with Crippen molar-refractivity contribution in [1.29, 1.82) is 0 Å². The van der Waals surface area contributed by atoms with Crippen molar-refractivity contribution in [2.24, 2.45) is 0 Å². The fourth-order valence-corrected chi connectivity index (χ4v) is 17.5. The molecule has 0 bridgehead atoms. The van der Waals surface area contributed by atoms with Crippen LogP contribution in [0.25, 0.3) is 0 Å². The van der Waals surface area contributed by atoms with Crippen molar-refractivity contribution in [2.75, 3.05) is 11.5 Å². The van der Waals surface area contributed by atoms with Crippen LogP contribution in [-0.4, -0.2) is 48.5 Å². The average molecular weight is 382 g/mol. The Kier molecular flexibility index (Phi) is 5.49. The summed E-state index contributed by atoms with van der Waals surface area (Å²) in [4.78, 5) is 23.7. The minimum atomic E-state index is -1.06. The molecule has 1 aliphatic rings. The molecule has 1 heterocycles. The summed E-state index contributed by atoms with van der Waals surface area (Å²) in [7, 11) is 0. The molecule has 0 aromatic carbocycles. The number of carbonyl (C=O) groups is 2. The van der Waals surface area contributed by atoms with E-state index >= 15 is 0 Å². The maximum absolute atomic E-state index is 11.9. The predicted octanol–water partition coefficient (Wildman–Crippen LogP) is 1.80. The molecule has 0 saturated heterocycles. The minimum absolute atomic E-state index is 0.104. The second-order valence-electron chi connectivity index (χ2n) is 3.85. The van der Waals surface area contributed by atoms with Gasteiger partial charge >= 0.3 is 115 Å². The fourth-order valence-electron chi connectivity index (χ4n) is 1.07. The molecular weight excluding hydrogens is 366 g/mol. The summed E-state index contributed by atoms with van der Waals surface area (Å²) >= 11 is -0.207. The first-order valence-corrected chi connectivity index (χ1v) is 12.8. The van der Waals surface area contributed by atoms with E-state index in [1.807, 2.05) is 0 Å². The third kappa shape index (κ3) is 4.27. The third-order valence-corrected chi connectivity index (χ3v) is 19.4. The maximum atomic E-state index is 11.9. The SMILES string of the molecule is C=C(C)C(=O)[Se]S1([Se]C(=O)C(=C)C)CC=CC1. The van der Waals surface area contributed by atoms with Crippen LogP contribution in [0.4, 0.5) is 0 Å². The quantitative estimate of drug-likeness (QED) is 0.399. The van der Waals surface area contributed by atoms with Crippen molar-refractivity contribution in [3.05, 3.63) is 36.5 Å². The van der Waals surface area contributed by atoms with Crippen molar-refractivity contribution < 1.29 is 9.59 Å². The van der Waals surface area contributed by atoms with Gasteiger partial charge in [0.25, 0.3) is 0 Å². The molecule has 0 unspecified atom stereocenters. The van der Waals surface area contributed by atoms with E-state index in [2.05, 4.69) is 25.3 Å². The summed E-state index contributed by atoms with van der Waals surface area (Å²) in [6.45, 7) is 9.87. The molecule has 2 nitrogen and oxygen atoms in total. The molecule has 0 aromatic rings. The molecule has 1 rings (SSSR count). The van der Waals surface area contributed by atoms with E-state index in [0.717, 1.165) is 11.5 Å². The number of allylic oxidation sites excluding steroid dienone is 2. The van der Waals surface area contributed by atoms with Gasteiger partial charge in [0.2, 0.25) is 0 Å². The van der Waals surface area contributed by atoms with E-state index in [4.69, 9.17) is 0 Å². The Morgan fingerprint density at radius 2 is 1.35 bits per heavy atom. The molecule has 0 aromatic heterocycles. The van der Waals surface area contributed by atoms with Crippen LogP contribution >= 0.6 is 6.86 Å². The molecule has 0 spiro atoms. The summed E-state index contributed by atoms with van der Waals surface area (Å²) in [6, 6.07) is 0. The van der Waals surface area contributed by atoms with Gasteiger partial charge in [-0.05, 0) is 0 Å². The van der Waals surface area contributed by atoms with Gasteiger partial charge in [-0.25, -0.2) is 0 Å². The van der Waals surface area contributed by atoms with Crippen LogP contribution in [0.2, 0.25) is 0 Å². The Bertz CT molecular complexity index is 375. The van der Waals surface area contributed by atoms with Crippen LogP contribution in [0.1, 0.15) is 13.8 Å². The summed E-state index contributed by atoms with van der Waals surface area (Å²) in [6.07, 6.45) is 4.24. The monoisotopic (exact) mass is 384 g/mol. The molecule has 0 amide bonds. The Morgan fingerprint density at radius 1 is 1.00 bits per heavy atom. The van der Waals surface area contributed by atoms with Crippen molar-refractivity contribution in [1.82, 2.24) is 0 Å². The van der Waals surface area contributed by atoms with Gasteiger partial charge in [0.15, 0.2) is 0 Å². The van der Waals surface area contributed by atoms with Gasteiger partial charge in [0.05, 0.1) is 0 Å². The molecule has 17 heavy (non-hydrogen) atoms. The van der Waals surface area contributed by atoms with Gasteiger partial charge in [-0.15, -0.1) is 0 Å². The Balaban J connectivity index is 2.77. The number of rotatable bonds is 6. The topological polar surface area (TPSA) is 34.1 Å². The van der Waals surface area contributed by atoms with Gasteiger partial charge in [0, 0.05) is 0 Å². The first-order chi connectivity index (χ1) is 7.86. The van der Waals surface area contributed by atoms with Crippen LogP contribution in [0.3, 0.4) is 0 Å². The molecule has 0 aliphatic carbocycles. The van der Waals surface area contributed by atoms with Gasteiger partial charge in [-0.1, -0.05) is 0 Å². The van der Waals surface area contributed by atoms with Crippen molar-refractivity contribution in [3.63, 3.8) is 0 Å². The molecule has 0 fully saturated rings. The summed E-state index contributed by atoms with van der Waals surface area (Å²) < 4.78 is 0.347. The molecule has 5 heteroatoms. The van der Waals surface area contributed by atoms with Gasteiger partial charge < -0.3 is 0 Å². The Morgan fingerprint density at radius 3 is 1.65 bits per heavy atom. The molecule has 0 radical (unpaired) electrons. The number of hydrogen-bond donors (Lipinski definition) is 0. The predicted molar refractivity (Wildman–Crippen MR) is 77.6 cm³/mol. The van der Waals surface area contributed by atoms with E-state index in [0.29, 0.717) is 11.1 Å². The molecular formula is C12H16O2SSe2. The van der Waals surface area contributed by atoms with Crippen LogP contribution < -0.4 is 0 Å². The molecule has 1 aliphatic heterocycles. The number of hydrogen-bond acceptors (Lipinski definition) is 2. The van der Waals surface area contributed by atoms with E-state index in [1.165, 1.54) is 0 Å². The average Bonchev–Trinajstić information content (AvgIpc) is 2.66. The number of carbonyl (C=O) groups excluding carboxylic acids is 2. The zero-order valence-corrected chi connectivity index (χ0v) is 14.3. The second-order valence-corrected chi connectivity index (χ2v) is 21.2. The van der Waals surface area contributed by atoms with Crippen LogP contribution in [0.15, 0.2) is 36.5 Å². The summed E-state index contributed by atoms with van der Waals surface area (Å²) in [5.74, 6) is 1.87. The molecule has 0 atom stereocenters. The standard InChI is InChI=1S/C12H16O2SSe2/c1-9(2)11(13)16-15(7-5-6-8-15)17-12(14)10(3)4/h5-6H,1,3,7-8H2,2,4H3. The third-order valence-electron chi connectivity index (χ3n) is 2.02. The Hall–Kier alpha value is -0.0510. The van der Waals surface area contributed by atoms with Gasteiger partial charge in [-0.2, -0.15) is 0 Å². The first kappa shape index (κ1) is 15.0. The van der Waals surface area contributed by atoms with Gasteiger partial charge in [0.1, 0.15) is 0 Å². The van der Waals surface area contributed by atoms with E-state index in [-0.39, 0.29) is 37.0 Å². The van der Waals surface area contributed by atoms with Crippen LogP contribution in [-0.2, 0) is 9.59 Å². The fraction of sp³-hybridized carbons (Fsp3) is 0.333. The zero-order chi connectivity index (χ0) is 13.1. The van der Waals surface area contributed by atoms with E-state index < -0.39 is 6.86 Å². The van der Waals surface area contributed by atoms with Crippen molar-refractivity contribution in [3.8, 4) is 0 Å². The van der Waals surface area contributed by atoms with E-state index in [9.17, 15) is 9.59 Å². The molecule has 0 saturated carbocycles. The van der Waals surface area contributed by atoms with Crippen LogP contribution in [0, 0.1) is 0 Å². The second kappa shape index (κ2) is 6.21. The molecule has 94 valence electrons. The van der Waals surface area contributed by atoms with Gasteiger partial charge in [-0.3, -0.25) is 0 Å². The summed E-state index contributed by atoms with van der Waals surface area (Å²) in [5.41, 5.74) is 1.25. The first-order valence-electron chi connectivity index (χ1n) is 5.08. The van der Waals surface area contributed by atoms with Crippen molar-refractivity contribution in [2.45, 2.75) is 13.8 Å². The molecule has 0 N–H and O–H groups in total. The van der Waals surface area contributed by atoms with Crippen molar-refractivity contribution >= 4 is 43.9 Å². The van der Waals surface area contributed by atoms with Crippen LogP contribution in [0.5, 0.6) is 0 Å². The normalized spacial score (nSPS) is 18.7. The zero-order valence-electron chi connectivity index (χ0n) is 10.0. The summed E-state index contributed by atoms with van der Waals surface area (Å²) in [5, 5.41) is 0. The Labute approximate surface area is 115 Å². The van der Waals surface area contributed by atoms with E-state index in [1.54, 1.807) is 13.8 Å².